The molecule has 2 rings (SSSR count). The van der Waals surface area contributed by atoms with E-state index < -0.39 is 0 Å². The molecule has 28 heavy (non-hydrogen) atoms. The Bertz CT molecular complexity index is 877. The van der Waals surface area contributed by atoms with Gasteiger partial charge in [-0.25, -0.2) is 0 Å². The molecule has 2 aromatic rings. The van der Waals surface area contributed by atoms with Crippen molar-refractivity contribution in [2.24, 2.45) is 0 Å². The maximum atomic E-state index is 12.2. The lowest BCUT2D eigenvalue weighted by molar-refractivity contribution is -0.114. The molecule has 0 heterocycles. The van der Waals surface area contributed by atoms with Crippen molar-refractivity contribution in [1.29, 1.82) is 0 Å². The molecule has 2 N–H and O–H groups in total. The van der Waals surface area contributed by atoms with E-state index >= 15 is 0 Å². The van der Waals surface area contributed by atoms with Crippen molar-refractivity contribution in [1.82, 2.24) is 5.32 Å². The fourth-order valence-corrected chi connectivity index (χ4v) is 2.26. The predicted molar refractivity (Wildman–Crippen MR) is 106 cm³/mol. The summed E-state index contributed by atoms with van der Waals surface area (Å²) in [6.07, 6.45) is 0. The van der Waals surface area contributed by atoms with Crippen molar-refractivity contribution in [3.63, 3.8) is 0 Å². The molecule has 0 radical (unpaired) electrons. The predicted octanol–water partition coefficient (Wildman–Crippen LogP) is 2.47. The third-order valence-electron chi connectivity index (χ3n) is 3.54. The van der Waals surface area contributed by atoms with Crippen LogP contribution < -0.4 is 24.8 Å². The molecule has 0 unspecified atom stereocenters. The zero-order valence-electron chi connectivity index (χ0n) is 16.0. The van der Waals surface area contributed by atoms with E-state index in [0.717, 1.165) is 0 Å². The maximum Gasteiger partial charge on any atom is 0.252 e. The van der Waals surface area contributed by atoms with Gasteiger partial charge in [0.2, 0.25) is 5.91 Å². The van der Waals surface area contributed by atoms with Crippen molar-refractivity contribution in [2.75, 3.05) is 32.7 Å². The summed E-state index contributed by atoms with van der Waals surface area (Å²) in [4.78, 5) is 23.3. The highest BCUT2D eigenvalue weighted by Gasteiger charge is 2.08. The van der Waals surface area contributed by atoms with E-state index in [0.29, 0.717) is 28.5 Å². The number of amides is 2. The van der Waals surface area contributed by atoms with Gasteiger partial charge in [-0.15, -0.1) is 0 Å². The van der Waals surface area contributed by atoms with Gasteiger partial charge in [0.05, 0.1) is 20.8 Å². The van der Waals surface area contributed by atoms with Crippen LogP contribution in [0.15, 0.2) is 42.5 Å². The van der Waals surface area contributed by atoms with Gasteiger partial charge < -0.3 is 24.8 Å². The molecular formula is C21H22N2O5. The van der Waals surface area contributed by atoms with E-state index in [9.17, 15) is 9.59 Å². The highest BCUT2D eigenvalue weighted by molar-refractivity contribution is 5.95. The third-order valence-corrected chi connectivity index (χ3v) is 3.54. The summed E-state index contributed by atoms with van der Waals surface area (Å²) in [6, 6.07) is 12.0. The normalized spacial score (nSPS) is 9.54. The Morgan fingerprint density at radius 3 is 2.32 bits per heavy atom. The number of methoxy groups -OCH3 is 2. The molecular weight excluding hydrogens is 360 g/mol. The van der Waals surface area contributed by atoms with Crippen LogP contribution in [0.4, 0.5) is 5.69 Å². The summed E-state index contributed by atoms with van der Waals surface area (Å²) in [5, 5.41) is 5.38. The van der Waals surface area contributed by atoms with Gasteiger partial charge >= 0.3 is 0 Å². The summed E-state index contributed by atoms with van der Waals surface area (Å²) in [7, 11) is 3.04. The Morgan fingerprint density at radius 1 is 0.964 bits per heavy atom. The minimum Gasteiger partial charge on any atom is -0.497 e. The Labute approximate surface area is 164 Å². The van der Waals surface area contributed by atoms with Crippen molar-refractivity contribution >= 4 is 17.5 Å². The Hall–Kier alpha value is -3.66. The number of benzene rings is 2. The topological polar surface area (TPSA) is 85.9 Å². The number of nitrogens with one attached hydrogen (secondary N) is 2. The van der Waals surface area contributed by atoms with Gasteiger partial charge in [-0.2, -0.15) is 0 Å². The van der Waals surface area contributed by atoms with Gasteiger partial charge in [0.25, 0.3) is 5.91 Å². The summed E-state index contributed by atoms with van der Waals surface area (Å²) >= 11 is 0. The minimum absolute atomic E-state index is 0.152. The monoisotopic (exact) mass is 382 g/mol. The summed E-state index contributed by atoms with van der Waals surface area (Å²) < 4.78 is 15.8. The average molecular weight is 382 g/mol. The lowest BCUT2D eigenvalue weighted by Crippen LogP contribution is -2.23. The van der Waals surface area contributed by atoms with Crippen LogP contribution in [0.25, 0.3) is 0 Å². The van der Waals surface area contributed by atoms with Gasteiger partial charge in [-0.3, -0.25) is 9.59 Å². The van der Waals surface area contributed by atoms with Crippen molar-refractivity contribution < 1.29 is 23.8 Å². The fraction of sp³-hybridized carbons (Fsp3) is 0.238. The van der Waals surface area contributed by atoms with Crippen LogP contribution in [0.1, 0.15) is 17.3 Å². The number of rotatable bonds is 7. The SMILES string of the molecule is COc1cc(OC)cc(C(=O)NCC#CCOc2cccc(NC(C)=O)c2)c1. The smallest absolute Gasteiger partial charge is 0.252 e. The third kappa shape index (κ3) is 6.57. The molecule has 0 aliphatic carbocycles. The molecule has 0 atom stereocenters. The van der Waals surface area contributed by atoms with Crippen LogP contribution in [-0.4, -0.2) is 39.2 Å². The number of carbonyl (C=O) groups is 2. The lowest BCUT2D eigenvalue weighted by Gasteiger charge is -2.08. The number of hydrogen-bond donors (Lipinski definition) is 2. The summed E-state index contributed by atoms with van der Waals surface area (Å²) in [5.74, 6) is 6.87. The first-order valence-electron chi connectivity index (χ1n) is 8.49. The molecule has 7 heteroatoms. The molecule has 0 spiro atoms. The van der Waals surface area contributed by atoms with Crippen molar-refractivity contribution in [2.45, 2.75) is 6.92 Å². The number of ether oxygens (including phenoxy) is 3. The van der Waals surface area contributed by atoms with Gasteiger partial charge in [0.15, 0.2) is 0 Å². The fourth-order valence-electron chi connectivity index (χ4n) is 2.26. The molecule has 0 aliphatic rings. The van der Waals surface area contributed by atoms with Crippen LogP contribution >= 0.6 is 0 Å². The van der Waals surface area contributed by atoms with Gasteiger partial charge in [0.1, 0.15) is 23.9 Å². The van der Waals surface area contributed by atoms with Crippen LogP contribution in [0.2, 0.25) is 0 Å². The number of hydrogen-bond acceptors (Lipinski definition) is 5. The van der Waals surface area contributed by atoms with E-state index in [4.69, 9.17) is 14.2 Å². The van der Waals surface area contributed by atoms with Gasteiger partial charge in [-0.1, -0.05) is 17.9 Å². The van der Waals surface area contributed by atoms with Crippen LogP contribution in [0.5, 0.6) is 17.2 Å². The Balaban J connectivity index is 1.82. The second kappa shape index (κ2) is 10.5. The van der Waals surface area contributed by atoms with Crippen molar-refractivity contribution in [3.8, 4) is 29.1 Å². The first-order valence-corrected chi connectivity index (χ1v) is 8.49. The van der Waals surface area contributed by atoms with Gasteiger partial charge in [0, 0.05) is 30.3 Å². The quantitative estimate of drug-likeness (QED) is 0.719. The Kier molecular flexibility index (Phi) is 7.73. The average Bonchev–Trinajstić information content (AvgIpc) is 2.69. The molecule has 2 aromatic carbocycles. The lowest BCUT2D eigenvalue weighted by atomic mass is 10.2. The van der Waals surface area contributed by atoms with Gasteiger partial charge in [-0.05, 0) is 24.3 Å². The maximum absolute atomic E-state index is 12.2. The van der Waals surface area contributed by atoms with E-state index in [1.165, 1.54) is 21.1 Å². The van der Waals surface area contributed by atoms with E-state index in [1.54, 1.807) is 42.5 Å². The largest absolute Gasteiger partial charge is 0.497 e. The molecule has 2 amide bonds. The van der Waals surface area contributed by atoms with E-state index in [2.05, 4.69) is 22.5 Å². The zero-order valence-corrected chi connectivity index (χ0v) is 16.0. The van der Waals surface area contributed by atoms with E-state index in [-0.39, 0.29) is 25.0 Å². The second-order valence-corrected chi connectivity index (χ2v) is 5.64. The molecule has 7 nitrogen and oxygen atoms in total. The molecule has 0 saturated heterocycles. The first-order chi connectivity index (χ1) is 13.5. The second-order valence-electron chi connectivity index (χ2n) is 5.64. The Morgan fingerprint density at radius 2 is 1.68 bits per heavy atom. The van der Waals surface area contributed by atoms with E-state index in [1.807, 2.05) is 0 Å². The van der Waals surface area contributed by atoms with Crippen LogP contribution in [0.3, 0.4) is 0 Å². The molecule has 146 valence electrons. The standard InChI is InChI=1S/C21H22N2O5/c1-15(24)23-17-7-6-8-18(13-17)28-10-5-4-9-22-21(25)16-11-19(26-2)14-20(12-16)27-3/h6-8,11-14H,9-10H2,1-3H3,(H,22,25)(H,23,24). The summed E-state index contributed by atoms with van der Waals surface area (Å²) in [5.41, 5.74) is 1.07. The molecule has 0 saturated carbocycles. The highest BCUT2D eigenvalue weighted by atomic mass is 16.5. The number of carbonyl (C=O) groups excluding carboxylic acids is 2. The number of anilines is 1. The van der Waals surface area contributed by atoms with Crippen LogP contribution in [-0.2, 0) is 4.79 Å². The summed E-state index contributed by atoms with van der Waals surface area (Å²) in [6.45, 7) is 1.77. The molecule has 0 aliphatic heterocycles. The first kappa shape index (κ1) is 20.6. The van der Waals surface area contributed by atoms with Crippen molar-refractivity contribution in [3.05, 3.63) is 48.0 Å². The van der Waals surface area contributed by atoms with Crippen LogP contribution in [0, 0.1) is 11.8 Å². The zero-order chi connectivity index (χ0) is 20.4. The highest BCUT2D eigenvalue weighted by Crippen LogP contribution is 2.22. The molecule has 0 aromatic heterocycles. The molecule has 0 fully saturated rings. The minimum atomic E-state index is -0.282. The molecule has 0 bridgehead atoms.